The monoisotopic (exact) mass is 249 g/mol. The molecular weight excluding hydrogens is 230 g/mol. The summed E-state index contributed by atoms with van der Waals surface area (Å²) in [5.74, 6) is 0.698. The SMILES string of the molecule is COC(=O)C1CCN(c2nc(C)cc(C)n2)CC1. The van der Waals surface area contributed by atoms with Crippen molar-refractivity contribution in [2.45, 2.75) is 26.7 Å². The molecule has 0 aliphatic carbocycles. The number of ether oxygens (including phenoxy) is 1. The van der Waals surface area contributed by atoms with Gasteiger partial charge in [-0.2, -0.15) is 0 Å². The molecule has 1 fully saturated rings. The standard InChI is InChI=1S/C13H19N3O2/c1-9-8-10(2)15-13(14-9)16-6-4-11(5-7-16)12(17)18-3/h8,11H,4-7H2,1-3H3. The highest BCUT2D eigenvalue weighted by Crippen LogP contribution is 2.21. The van der Waals surface area contributed by atoms with Crippen LogP contribution in [0.15, 0.2) is 6.07 Å². The summed E-state index contributed by atoms with van der Waals surface area (Å²) in [6.07, 6.45) is 1.62. The molecule has 0 N–H and O–H groups in total. The molecule has 18 heavy (non-hydrogen) atoms. The van der Waals surface area contributed by atoms with E-state index in [-0.39, 0.29) is 11.9 Å². The second-order valence-corrected chi connectivity index (χ2v) is 4.74. The van der Waals surface area contributed by atoms with Crippen LogP contribution in [0.25, 0.3) is 0 Å². The van der Waals surface area contributed by atoms with Gasteiger partial charge in [0.15, 0.2) is 0 Å². The number of anilines is 1. The highest BCUT2D eigenvalue weighted by molar-refractivity contribution is 5.72. The summed E-state index contributed by atoms with van der Waals surface area (Å²) in [5.41, 5.74) is 1.96. The van der Waals surface area contributed by atoms with Crippen molar-refractivity contribution in [3.05, 3.63) is 17.5 Å². The third-order valence-corrected chi connectivity index (χ3v) is 3.28. The molecule has 0 unspecified atom stereocenters. The number of esters is 1. The Labute approximate surface area is 107 Å². The van der Waals surface area contributed by atoms with Crippen LogP contribution in [-0.2, 0) is 9.53 Å². The zero-order valence-corrected chi connectivity index (χ0v) is 11.1. The molecule has 1 aromatic rings. The number of aromatic nitrogens is 2. The third-order valence-electron chi connectivity index (χ3n) is 3.28. The predicted octanol–water partition coefficient (Wildman–Crippen LogP) is 1.48. The Balaban J connectivity index is 2.03. The first-order valence-corrected chi connectivity index (χ1v) is 6.25. The van der Waals surface area contributed by atoms with E-state index in [9.17, 15) is 4.79 Å². The van der Waals surface area contributed by atoms with Crippen LogP contribution in [0.3, 0.4) is 0 Å². The first-order chi connectivity index (χ1) is 8.60. The Kier molecular flexibility index (Phi) is 3.79. The Hall–Kier alpha value is -1.65. The predicted molar refractivity (Wildman–Crippen MR) is 68.5 cm³/mol. The molecule has 5 heteroatoms. The van der Waals surface area contributed by atoms with Crippen molar-refractivity contribution in [3.63, 3.8) is 0 Å². The number of piperidine rings is 1. The van der Waals surface area contributed by atoms with Crippen LogP contribution >= 0.6 is 0 Å². The number of aryl methyl sites for hydroxylation is 2. The van der Waals surface area contributed by atoms with E-state index < -0.39 is 0 Å². The summed E-state index contributed by atoms with van der Waals surface area (Å²) < 4.78 is 4.78. The molecule has 98 valence electrons. The number of nitrogens with zero attached hydrogens (tertiary/aromatic N) is 3. The van der Waals surface area contributed by atoms with Gasteiger partial charge >= 0.3 is 5.97 Å². The fourth-order valence-electron chi connectivity index (χ4n) is 2.33. The number of carbonyl (C=O) groups is 1. The summed E-state index contributed by atoms with van der Waals surface area (Å²) in [7, 11) is 1.45. The molecule has 0 aromatic carbocycles. The van der Waals surface area contributed by atoms with Gasteiger partial charge in [-0.05, 0) is 32.8 Å². The maximum atomic E-state index is 11.4. The lowest BCUT2D eigenvalue weighted by molar-refractivity contribution is -0.146. The van der Waals surface area contributed by atoms with Crippen molar-refractivity contribution >= 4 is 11.9 Å². The highest BCUT2D eigenvalue weighted by atomic mass is 16.5. The number of carbonyl (C=O) groups excluding carboxylic acids is 1. The molecule has 0 spiro atoms. The van der Waals surface area contributed by atoms with E-state index >= 15 is 0 Å². The van der Waals surface area contributed by atoms with Gasteiger partial charge in [0.05, 0.1) is 13.0 Å². The van der Waals surface area contributed by atoms with Crippen LogP contribution < -0.4 is 4.90 Å². The van der Waals surface area contributed by atoms with Crippen LogP contribution in [0.2, 0.25) is 0 Å². The van der Waals surface area contributed by atoms with E-state index in [1.54, 1.807) is 0 Å². The van der Waals surface area contributed by atoms with Crippen molar-refractivity contribution in [1.29, 1.82) is 0 Å². The summed E-state index contributed by atoms with van der Waals surface area (Å²) in [4.78, 5) is 22.5. The summed E-state index contributed by atoms with van der Waals surface area (Å²) in [5, 5.41) is 0. The molecular formula is C13H19N3O2. The van der Waals surface area contributed by atoms with Crippen LogP contribution in [-0.4, -0.2) is 36.1 Å². The van der Waals surface area contributed by atoms with Gasteiger partial charge in [0.1, 0.15) is 0 Å². The minimum Gasteiger partial charge on any atom is -0.469 e. The van der Waals surface area contributed by atoms with Crippen molar-refractivity contribution in [2.24, 2.45) is 5.92 Å². The topological polar surface area (TPSA) is 55.3 Å². The van der Waals surface area contributed by atoms with Gasteiger partial charge in [0, 0.05) is 24.5 Å². The second kappa shape index (κ2) is 5.33. The first-order valence-electron chi connectivity index (χ1n) is 6.25. The minimum atomic E-state index is -0.101. The number of methoxy groups -OCH3 is 1. The van der Waals surface area contributed by atoms with Gasteiger partial charge in [-0.25, -0.2) is 9.97 Å². The number of hydrogen-bond acceptors (Lipinski definition) is 5. The minimum absolute atomic E-state index is 0.0251. The number of hydrogen-bond donors (Lipinski definition) is 0. The quantitative estimate of drug-likeness (QED) is 0.743. The van der Waals surface area contributed by atoms with E-state index in [4.69, 9.17) is 4.74 Å². The number of rotatable bonds is 2. The molecule has 1 aromatic heterocycles. The van der Waals surface area contributed by atoms with Gasteiger partial charge in [-0.1, -0.05) is 0 Å². The molecule has 2 heterocycles. The van der Waals surface area contributed by atoms with E-state index in [0.717, 1.165) is 43.3 Å². The molecule has 0 saturated carbocycles. The molecule has 0 bridgehead atoms. The fourth-order valence-corrected chi connectivity index (χ4v) is 2.33. The zero-order chi connectivity index (χ0) is 13.1. The lowest BCUT2D eigenvalue weighted by Crippen LogP contribution is -2.37. The van der Waals surface area contributed by atoms with E-state index in [2.05, 4.69) is 14.9 Å². The Morgan fingerprint density at radius 1 is 1.28 bits per heavy atom. The van der Waals surface area contributed by atoms with Gasteiger partial charge < -0.3 is 9.64 Å². The molecule has 0 radical (unpaired) electrons. The first kappa shape index (κ1) is 12.8. The molecule has 0 atom stereocenters. The summed E-state index contributed by atoms with van der Waals surface area (Å²) >= 11 is 0. The van der Waals surface area contributed by atoms with Crippen molar-refractivity contribution in [3.8, 4) is 0 Å². The largest absolute Gasteiger partial charge is 0.469 e. The Bertz CT molecular complexity index is 420. The summed E-state index contributed by atoms with van der Waals surface area (Å²) in [6.45, 7) is 5.56. The lowest BCUT2D eigenvalue weighted by atomic mass is 9.97. The highest BCUT2D eigenvalue weighted by Gasteiger charge is 2.26. The average molecular weight is 249 g/mol. The molecule has 5 nitrogen and oxygen atoms in total. The molecule has 1 aliphatic heterocycles. The van der Waals surface area contributed by atoms with Gasteiger partial charge in [0.2, 0.25) is 5.95 Å². The maximum Gasteiger partial charge on any atom is 0.308 e. The van der Waals surface area contributed by atoms with E-state index in [1.807, 2.05) is 19.9 Å². The van der Waals surface area contributed by atoms with Gasteiger partial charge in [-0.3, -0.25) is 4.79 Å². The van der Waals surface area contributed by atoms with E-state index in [1.165, 1.54) is 7.11 Å². The molecule has 1 aliphatic rings. The maximum absolute atomic E-state index is 11.4. The second-order valence-electron chi connectivity index (χ2n) is 4.74. The van der Waals surface area contributed by atoms with Crippen LogP contribution in [0.5, 0.6) is 0 Å². The van der Waals surface area contributed by atoms with Gasteiger partial charge in [-0.15, -0.1) is 0 Å². The van der Waals surface area contributed by atoms with Crippen LogP contribution in [0.4, 0.5) is 5.95 Å². The van der Waals surface area contributed by atoms with Gasteiger partial charge in [0.25, 0.3) is 0 Å². The Morgan fingerprint density at radius 2 is 1.83 bits per heavy atom. The lowest BCUT2D eigenvalue weighted by Gasteiger charge is -2.30. The Morgan fingerprint density at radius 3 is 2.33 bits per heavy atom. The normalized spacial score (nSPS) is 16.7. The van der Waals surface area contributed by atoms with Crippen LogP contribution in [0, 0.1) is 19.8 Å². The average Bonchev–Trinajstić information content (AvgIpc) is 2.37. The molecule has 2 rings (SSSR count). The van der Waals surface area contributed by atoms with Crippen molar-refractivity contribution in [1.82, 2.24) is 9.97 Å². The molecule has 0 amide bonds. The third kappa shape index (κ3) is 2.78. The summed E-state index contributed by atoms with van der Waals surface area (Å²) in [6, 6.07) is 1.96. The van der Waals surface area contributed by atoms with Crippen LogP contribution in [0.1, 0.15) is 24.2 Å². The van der Waals surface area contributed by atoms with Crippen molar-refractivity contribution < 1.29 is 9.53 Å². The fraction of sp³-hybridized carbons (Fsp3) is 0.615. The smallest absolute Gasteiger partial charge is 0.308 e. The zero-order valence-electron chi connectivity index (χ0n) is 11.1. The molecule has 1 saturated heterocycles. The van der Waals surface area contributed by atoms with Crippen molar-refractivity contribution in [2.75, 3.05) is 25.1 Å². The van der Waals surface area contributed by atoms with E-state index in [0.29, 0.717) is 0 Å².